The second kappa shape index (κ2) is 3.43. The summed E-state index contributed by atoms with van der Waals surface area (Å²) >= 11 is 0. The predicted octanol–water partition coefficient (Wildman–Crippen LogP) is 1.37. The summed E-state index contributed by atoms with van der Waals surface area (Å²) in [6.07, 6.45) is 0. The third-order valence-corrected chi connectivity index (χ3v) is 0.993. The summed E-state index contributed by atoms with van der Waals surface area (Å²) in [5.74, 6) is 4.80. The fourth-order valence-corrected chi connectivity index (χ4v) is 0.589. The second-order valence-electron chi connectivity index (χ2n) is 1.68. The van der Waals surface area contributed by atoms with Gasteiger partial charge in [-0.1, -0.05) is 18.2 Å². The molecular formula is C7H7N3. The molecule has 0 heterocycles. The van der Waals surface area contributed by atoms with Crippen LogP contribution in [0.2, 0.25) is 0 Å². The Hall–Kier alpha value is -1.60. The van der Waals surface area contributed by atoms with Crippen molar-refractivity contribution < 1.29 is 0 Å². The summed E-state index contributed by atoms with van der Waals surface area (Å²) in [5.41, 5.74) is 0.803. The van der Waals surface area contributed by atoms with Crippen molar-refractivity contribution >= 4 is 11.7 Å². The molecule has 0 radical (unpaired) electrons. The molecule has 0 bridgehead atoms. The Balaban J connectivity index is 2.87. The van der Waals surface area contributed by atoms with Gasteiger partial charge in [-0.25, -0.2) is 0 Å². The second-order valence-corrected chi connectivity index (χ2v) is 1.68. The van der Waals surface area contributed by atoms with Crippen LogP contribution in [0, 0.1) is 0 Å². The average Bonchev–Trinajstić information content (AvgIpc) is 2.03. The minimum Gasteiger partial charge on any atom is -0.314 e. The number of hydrazone groups is 1. The summed E-state index contributed by atoms with van der Waals surface area (Å²) in [4.78, 5) is 3.78. The average molecular weight is 133 g/mol. The smallest absolute Gasteiger partial charge is 0.119 e. The van der Waals surface area contributed by atoms with E-state index in [2.05, 4.69) is 16.1 Å². The SMILES string of the molecule is NN=C=Nc1ccccc1. The van der Waals surface area contributed by atoms with Gasteiger partial charge in [0.15, 0.2) is 0 Å². The molecule has 0 atom stereocenters. The van der Waals surface area contributed by atoms with Gasteiger partial charge in [-0.15, -0.1) is 5.10 Å². The van der Waals surface area contributed by atoms with Gasteiger partial charge in [0.05, 0.1) is 5.69 Å². The Morgan fingerprint density at radius 1 is 1.20 bits per heavy atom. The third-order valence-electron chi connectivity index (χ3n) is 0.993. The maximum Gasteiger partial charge on any atom is 0.119 e. The van der Waals surface area contributed by atoms with E-state index in [0.717, 1.165) is 5.69 Å². The molecule has 1 aromatic carbocycles. The maximum atomic E-state index is 4.80. The van der Waals surface area contributed by atoms with E-state index >= 15 is 0 Å². The first-order valence-corrected chi connectivity index (χ1v) is 2.84. The Morgan fingerprint density at radius 2 is 1.90 bits per heavy atom. The minimum absolute atomic E-state index is 0.803. The maximum absolute atomic E-state index is 4.80. The molecule has 0 saturated carbocycles. The summed E-state index contributed by atoms with van der Waals surface area (Å²) in [6, 6.07) is 11.7. The standard InChI is InChI=1S/C7H7N3/c8-10-6-9-7-4-2-1-3-5-7/h1-5H,8H2. The van der Waals surface area contributed by atoms with E-state index in [0.29, 0.717) is 0 Å². The van der Waals surface area contributed by atoms with E-state index in [9.17, 15) is 0 Å². The van der Waals surface area contributed by atoms with Gasteiger partial charge in [0.1, 0.15) is 6.01 Å². The van der Waals surface area contributed by atoms with Crippen molar-refractivity contribution in [2.24, 2.45) is 15.9 Å². The third kappa shape index (κ3) is 1.73. The van der Waals surface area contributed by atoms with E-state index in [1.54, 1.807) is 0 Å². The highest BCUT2D eigenvalue weighted by atomic mass is 15.1. The molecule has 3 nitrogen and oxygen atoms in total. The monoisotopic (exact) mass is 133 g/mol. The number of hydrogen-bond acceptors (Lipinski definition) is 3. The number of aliphatic imine (C=N–C) groups is 1. The van der Waals surface area contributed by atoms with Crippen LogP contribution in [0.15, 0.2) is 40.4 Å². The normalized spacial score (nSPS) is 8.00. The van der Waals surface area contributed by atoms with Crippen molar-refractivity contribution in [3.63, 3.8) is 0 Å². The quantitative estimate of drug-likeness (QED) is 0.351. The van der Waals surface area contributed by atoms with E-state index in [1.807, 2.05) is 30.3 Å². The van der Waals surface area contributed by atoms with Crippen LogP contribution in [0.5, 0.6) is 0 Å². The molecule has 0 aliphatic carbocycles. The zero-order valence-electron chi connectivity index (χ0n) is 5.36. The lowest BCUT2D eigenvalue weighted by molar-refractivity contribution is 1.26. The van der Waals surface area contributed by atoms with Gasteiger partial charge in [0.25, 0.3) is 0 Å². The lowest BCUT2D eigenvalue weighted by Gasteiger charge is -1.84. The number of rotatable bonds is 1. The van der Waals surface area contributed by atoms with Crippen LogP contribution < -0.4 is 5.84 Å². The number of para-hydroxylation sites is 1. The zero-order valence-corrected chi connectivity index (χ0v) is 5.36. The van der Waals surface area contributed by atoms with Crippen LogP contribution in [0.1, 0.15) is 0 Å². The van der Waals surface area contributed by atoms with Crippen LogP contribution in [0.3, 0.4) is 0 Å². The molecule has 0 fully saturated rings. The fraction of sp³-hybridized carbons (Fsp3) is 0. The molecule has 0 aliphatic heterocycles. The van der Waals surface area contributed by atoms with Crippen molar-refractivity contribution in [2.45, 2.75) is 0 Å². The molecule has 50 valence electrons. The molecule has 2 N–H and O–H groups in total. The van der Waals surface area contributed by atoms with Crippen molar-refractivity contribution in [1.29, 1.82) is 0 Å². The molecule has 0 aromatic heterocycles. The Kier molecular flexibility index (Phi) is 2.24. The number of hydrogen-bond donors (Lipinski definition) is 1. The molecule has 0 unspecified atom stereocenters. The minimum atomic E-state index is 0.803. The molecule has 10 heavy (non-hydrogen) atoms. The van der Waals surface area contributed by atoms with E-state index in [1.165, 1.54) is 0 Å². The number of nitrogens with zero attached hydrogens (tertiary/aromatic N) is 2. The lowest BCUT2D eigenvalue weighted by Crippen LogP contribution is -1.73. The van der Waals surface area contributed by atoms with Crippen molar-refractivity contribution in [1.82, 2.24) is 0 Å². The van der Waals surface area contributed by atoms with E-state index in [4.69, 9.17) is 5.84 Å². The van der Waals surface area contributed by atoms with Crippen LogP contribution >= 0.6 is 0 Å². The fourth-order valence-electron chi connectivity index (χ4n) is 0.589. The van der Waals surface area contributed by atoms with Gasteiger partial charge < -0.3 is 5.84 Å². The molecule has 1 aromatic rings. The highest BCUT2D eigenvalue weighted by molar-refractivity contribution is 5.51. The Labute approximate surface area is 58.9 Å². The molecular weight excluding hydrogens is 126 g/mol. The summed E-state index contributed by atoms with van der Waals surface area (Å²) in [6.45, 7) is 0. The van der Waals surface area contributed by atoms with Crippen LogP contribution in [0.25, 0.3) is 0 Å². The van der Waals surface area contributed by atoms with E-state index in [-0.39, 0.29) is 0 Å². The van der Waals surface area contributed by atoms with Crippen molar-refractivity contribution in [3.05, 3.63) is 30.3 Å². The molecule has 3 heteroatoms. The van der Waals surface area contributed by atoms with Crippen molar-refractivity contribution in [3.8, 4) is 0 Å². The highest BCUT2D eigenvalue weighted by Crippen LogP contribution is 2.07. The number of benzene rings is 1. The molecule has 0 saturated heterocycles. The largest absolute Gasteiger partial charge is 0.314 e. The van der Waals surface area contributed by atoms with Crippen LogP contribution in [-0.4, -0.2) is 6.01 Å². The molecule has 0 spiro atoms. The number of nitrogens with two attached hydrogens (primary N) is 1. The first kappa shape index (κ1) is 6.52. The topological polar surface area (TPSA) is 50.7 Å². The first-order chi connectivity index (χ1) is 4.93. The predicted molar refractivity (Wildman–Crippen MR) is 40.2 cm³/mol. The van der Waals surface area contributed by atoms with Gasteiger partial charge in [0.2, 0.25) is 0 Å². The Bertz CT molecular complexity index is 247. The zero-order chi connectivity index (χ0) is 7.23. The van der Waals surface area contributed by atoms with Gasteiger partial charge in [-0.2, -0.15) is 4.99 Å². The van der Waals surface area contributed by atoms with Gasteiger partial charge in [-0.3, -0.25) is 0 Å². The summed E-state index contributed by atoms with van der Waals surface area (Å²) in [5, 5.41) is 3.11. The summed E-state index contributed by atoms with van der Waals surface area (Å²) in [7, 11) is 0. The molecule has 1 rings (SSSR count). The van der Waals surface area contributed by atoms with Crippen molar-refractivity contribution in [2.75, 3.05) is 0 Å². The van der Waals surface area contributed by atoms with Crippen LogP contribution in [0.4, 0.5) is 5.69 Å². The van der Waals surface area contributed by atoms with Gasteiger partial charge in [0, 0.05) is 0 Å². The van der Waals surface area contributed by atoms with E-state index < -0.39 is 0 Å². The Morgan fingerprint density at radius 3 is 2.50 bits per heavy atom. The van der Waals surface area contributed by atoms with Gasteiger partial charge in [-0.05, 0) is 12.1 Å². The molecule has 0 amide bonds. The highest BCUT2D eigenvalue weighted by Gasteiger charge is 1.79. The summed E-state index contributed by atoms with van der Waals surface area (Å²) < 4.78 is 0. The van der Waals surface area contributed by atoms with Crippen LogP contribution in [-0.2, 0) is 0 Å². The first-order valence-electron chi connectivity index (χ1n) is 2.84. The lowest BCUT2D eigenvalue weighted by atomic mass is 10.3. The van der Waals surface area contributed by atoms with Gasteiger partial charge >= 0.3 is 0 Å². The molecule has 0 aliphatic rings.